The van der Waals surface area contributed by atoms with Gasteiger partial charge >= 0.3 is 42.2 Å². The SMILES string of the molecule is CCC(C)(C)C(=O)OC(C)(C)C(O)(C(F)(F)F)C(F)(F)F.CCC(C)(C)C(=O)OC1(C)COC(OC(OC)C(C)C)(C(F)(F)F)C1(F)F. The maximum Gasteiger partial charge on any atom is 0.450 e. The Morgan fingerprint density at radius 3 is 1.52 bits per heavy atom. The fourth-order valence-corrected chi connectivity index (χ4v) is 3.84. The molecular weight excluding hydrogens is 685 g/mol. The topological polar surface area (TPSA) is 101 Å². The Hall–Kier alpha value is -1.99. The van der Waals surface area contributed by atoms with Gasteiger partial charge in [-0.1, -0.05) is 27.7 Å². The zero-order valence-corrected chi connectivity index (χ0v) is 28.7. The Morgan fingerprint density at radius 1 is 0.812 bits per heavy atom. The van der Waals surface area contributed by atoms with E-state index in [2.05, 4.69) is 14.2 Å². The molecule has 0 aromatic carbocycles. The van der Waals surface area contributed by atoms with Crippen LogP contribution in [0.25, 0.3) is 0 Å². The fraction of sp³-hybridized carbons (Fsp3) is 0.931. The van der Waals surface area contributed by atoms with Gasteiger partial charge in [0.1, 0.15) is 0 Å². The number of hydrogen-bond donors (Lipinski definition) is 1. The maximum absolute atomic E-state index is 15.1. The van der Waals surface area contributed by atoms with E-state index in [0.717, 1.165) is 7.11 Å². The van der Waals surface area contributed by atoms with Crippen LogP contribution >= 0.6 is 0 Å². The van der Waals surface area contributed by atoms with Gasteiger partial charge in [0.15, 0.2) is 11.9 Å². The van der Waals surface area contributed by atoms with Crippen molar-refractivity contribution in [2.45, 2.75) is 142 Å². The second-order valence-electron chi connectivity index (χ2n) is 13.6. The third kappa shape index (κ3) is 8.48. The van der Waals surface area contributed by atoms with Crippen molar-refractivity contribution >= 4 is 11.9 Å². The summed E-state index contributed by atoms with van der Waals surface area (Å²) in [6.07, 6.45) is -19.0. The molecular formula is C29H45F11O8. The van der Waals surface area contributed by atoms with Gasteiger partial charge in [0.25, 0.3) is 5.60 Å². The zero-order valence-electron chi connectivity index (χ0n) is 28.7. The molecule has 1 heterocycles. The summed E-state index contributed by atoms with van der Waals surface area (Å²) in [4.78, 5) is 24.0. The van der Waals surface area contributed by atoms with Gasteiger partial charge in [0.2, 0.25) is 5.60 Å². The first-order chi connectivity index (χ1) is 20.9. The van der Waals surface area contributed by atoms with Gasteiger partial charge in [0.05, 0.1) is 17.4 Å². The normalized spacial score (nSPS) is 23.4. The minimum Gasteiger partial charge on any atom is -0.455 e. The molecule has 0 aromatic rings. The molecule has 1 aliphatic heterocycles. The molecule has 1 rings (SSSR count). The van der Waals surface area contributed by atoms with E-state index in [0.29, 0.717) is 20.8 Å². The Bertz CT molecular complexity index is 1100. The predicted molar refractivity (Wildman–Crippen MR) is 146 cm³/mol. The molecule has 0 saturated carbocycles. The van der Waals surface area contributed by atoms with Crippen LogP contribution in [0.2, 0.25) is 0 Å². The molecule has 1 aliphatic rings. The monoisotopic (exact) mass is 730 g/mol. The van der Waals surface area contributed by atoms with Crippen LogP contribution in [0, 0.1) is 16.7 Å². The first-order valence-electron chi connectivity index (χ1n) is 14.6. The molecule has 19 heteroatoms. The van der Waals surface area contributed by atoms with Crippen LogP contribution in [0.1, 0.15) is 89.0 Å². The highest BCUT2D eigenvalue weighted by molar-refractivity contribution is 5.77. The van der Waals surface area contributed by atoms with E-state index in [1.54, 1.807) is 6.92 Å². The quantitative estimate of drug-likeness (QED) is 0.130. The minimum atomic E-state index is -6.06. The molecule has 0 bridgehead atoms. The summed E-state index contributed by atoms with van der Waals surface area (Å²) in [6.45, 7) is 11.8. The lowest BCUT2D eigenvalue weighted by atomic mass is 9.83. The largest absolute Gasteiger partial charge is 0.455 e. The van der Waals surface area contributed by atoms with Crippen LogP contribution in [0.3, 0.4) is 0 Å². The Labute approximate surface area is 271 Å². The summed E-state index contributed by atoms with van der Waals surface area (Å²) in [5, 5.41) is 9.27. The van der Waals surface area contributed by atoms with E-state index >= 15 is 8.78 Å². The van der Waals surface area contributed by atoms with Crippen LogP contribution < -0.4 is 0 Å². The molecule has 0 aromatic heterocycles. The van der Waals surface area contributed by atoms with Crippen molar-refractivity contribution in [2.75, 3.05) is 13.7 Å². The number of esters is 2. The highest BCUT2D eigenvalue weighted by Crippen LogP contribution is 2.57. The van der Waals surface area contributed by atoms with Crippen molar-refractivity contribution in [1.82, 2.24) is 0 Å². The Kier molecular flexibility index (Phi) is 13.7. The second-order valence-corrected chi connectivity index (χ2v) is 13.6. The summed E-state index contributed by atoms with van der Waals surface area (Å²) in [7, 11) is 1.03. The van der Waals surface area contributed by atoms with E-state index in [1.807, 2.05) is 0 Å². The number of carbonyl (C=O) groups is 2. The molecule has 286 valence electrons. The Balaban J connectivity index is 0.000000952. The highest BCUT2D eigenvalue weighted by atomic mass is 19.4. The average molecular weight is 731 g/mol. The standard InChI is InChI=1S/C17H27F5O5.C12H18F6O3/c1-8-13(4,5)12(23)27-14(6)9-25-16(15(14,18)19,17(20,21)22)26-11(24-7)10(2)3;1-6-8(2,3)7(19)21-9(4,5)10(20,11(13,14)15)12(16,17)18/h10-11H,8-9H2,1-7H3;20H,6H2,1-5H3. The van der Waals surface area contributed by atoms with Crippen molar-refractivity contribution in [3.05, 3.63) is 0 Å². The van der Waals surface area contributed by atoms with Gasteiger partial charge in [-0.3, -0.25) is 9.59 Å². The molecule has 0 amide bonds. The molecule has 48 heavy (non-hydrogen) atoms. The smallest absolute Gasteiger partial charge is 0.450 e. The van der Waals surface area contributed by atoms with E-state index in [-0.39, 0.29) is 12.8 Å². The van der Waals surface area contributed by atoms with Gasteiger partial charge in [-0.15, -0.1) is 0 Å². The highest BCUT2D eigenvalue weighted by Gasteiger charge is 2.85. The van der Waals surface area contributed by atoms with Crippen molar-refractivity contribution in [3.63, 3.8) is 0 Å². The number of alkyl halides is 11. The lowest BCUT2D eigenvalue weighted by Crippen LogP contribution is -2.70. The molecule has 0 aliphatic carbocycles. The van der Waals surface area contributed by atoms with E-state index in [9.17, 15) is 54.2 Å². The number of halogens is 11. The van der Waals surface area contributed by atoms with E-state index in [1.165, 1.54) is 48.5 Å². The second kappa shape index (κ2) is 14.3. The molecule has 3 atom stereocenters. The molecule has 1 N–H and O–H groups in total. The molecule has 0 radical (unpaired) electrons. The van der Waals surface area contributed by atoms with Crippen LogP contribution in [0.4, 0.5) is 48.3 Å². The Morgan fingerprint density at radius 2 is 1.21 bits per heavy atom. The van der Waals surface area contributed by atoms with Crippen molar-refractivity contribution < 1.29 is 86.7 Å². The molecule has 1 fully saturated rings. The first-order valence-corrected chi connectivity index (χ1v) is 14.6. The molecule has 3 unspecified atom stereocenters. The number of ether oxygens (including phenoxy) is 5. The zero-order chi connectivity index (χ0) is 39.0. The molecule has 0 spiro atoms. The number of rotatable bonds is 11. The first kappa shape index (κ1) is 46.0. The molecule has 1 saturated heterocycles. The van der Waals surface area contributed by atoms with Gasteiger partial charge in [-0.05, 0) is 61.3 Å². The lowest BCUT2D eigenvalue weighted by Gasteiger charge is -2.44. The number of aliphatic hydroxyl groups is 1. The van der Waals surface area contributed by atoms with Gasteiger partial charge in [0, 0.05) is 13.0 Å². The van der Waals surface area contributed by atoms with Gasteiger partial charge in [-0.25, -0.2) is 0 Å². The summed E-state index contributed by atoms with van der Waals surface area (Å²) in [6, 6.07) is 0. The van der Waals surface area contributed by atoms with Crippen molar-refractivity contribution in [2.24, 2.45) is 16.7 Å². The van der Waals surface area contributed by atoms with Crippen LogP contribution in [0.15, 0.2) is 0 Å². The van der Waals surface area contributed by atoms with Crippen LogP contribution in [-0.2, 0) is 33.3 Å². The third-order valence-electron chi connectivity index (χ3n) is 8.29. The molecule has 8 nitrogen and oxygen atoms in total. The minimum absolute atomic E-state index is 0.137. The lowest BCUT2D eigenvalue weighted by molar-refractivity contribution is -0.451. The number of hydrogen-bond acceptors (Lipinski definition) is 8. The number of carbonyl (C=O) groups excluding carboxylic acids is 2. The van der Waals surface area contributed by atoms with Gasteiger partial charge < -0.3 is 28.8 Å². The predicted octanol–water partition coefficient (Wildman–Crippen LogP) is 7.89. The van der Waals surface area contributed by atoms with E-state index in [4.69, 9.17) is 9.47 Å². The fourth-order valence-electron chi connectivity index (χ4n) is 3.84. The third-order valence-corrected chi connectivity index (χ3v) is 8.29. The summed E-state index contributed by atoms with van der Waals surface area (Å²) in [5.41, 5.74) is -13.7. The average Bonchev–Trinajstić information content (AvgIpc) is 3.10. The van der Waals surface area contributed by atoms with Crippen LogP contribution in [0.5, 0.6) is 0 Å². The van der Waals surface area contributed by atoms with Gasteiger partial charge in [-0.2, -0.15) is 48.3 Å². The van der Waals surface area contributed by atoms with Crippen molar-refractivity contribution in [1.29, 1.82) is 0 Å². The summed E-state index contributed by atoms with van der Waals surface area (Å²) < 4.78 is 171. The van der Waals surface area contributed by atoms with Crippen LogP contribution in [-0.4, -0.2) is 84.1 Å². The summed E-state index contributed by atoms with van der Waals surface area (Å²) in [5.74, 6) is -12.0. The summed E-state index contributed by atoms with van der Waals surface area (Å²) >= 11 is 0. The maximum atomic E-state index is 15.1. The van der Waals surface area contributed by atoms with E-state index < -0.39 is 88.6 Å². The number of methoxy groups -OCH3 is 1. The van der Waals surface area contributed by atoms with Crippen molar-refractivity contribution in [3.8, 4) is 0 Å².